The summed E-state index contributed by atoms with van der Waals surface area (Å²) in [5, 5.41) is 0. The molecular weight excluding hydrogens is 692 g/mol. The molecule has 6 rings (SSSR count). The predicted molar refractivity (Wildman–Crippen MR) is 169 cm³/mol. The van der Waals surface area contributed by atoms with Crippen LogP contribution in [0.25, 0.3) is 44.8 Å². The van der Waals surface area contributed by atoms with Crippen LogP contribution in [-0.2, 0) is 26.5 Å². The van der Waals surface area contributed by atoms with Crippen molar-refractivity contribution in [2.45, 2.75) is 33.1 Å². The van der Waals surface area contributed by atoms with Crippen molar-refractivity contribution in [3.63, 3.8) is 0 Å². The average molecular weight is 724 g/mol. The third-order valence-corrected chi connectivity index (χ3v) is 7.59. The van der Waals surface area contributed by atoms with Gasteiger partial charge in [0, 0.05) is 16.8 Å². The van der Waals surface area contributed by atoms with Crippen LogP contribution in [0.1, 0.15) is 36.4 Å². The molecule has 0 fully saturated rings. The van der Waals surface area contributed by atoms with Gasteiger partial charge < -0.3 is 9.97 Å². The summed E-state index contributed by atoms with van der Waals surface area (Å²) >= 11 is 0. The van der Waals surface area contributed by atoms with Crippen LogP contribution in [0.2, 0.25) is 0 Å². The number of aromatic nitrogens is 2. The third-order valence-electron chi connectivity index (χ3n) is 7.59. The molecule has 0 saturated heterocycles. The average Bonchev–Trinajstić information content (AvgIpc) is 3.01. The first-order valence-electron chi connectivity index (χ1n) is 14.0. The van der Waals surface area contributed by atoms with Crippen LogP contribution in [0.3, 0.4) is 0 Å². The molecule has 0 N–H and O–H groups in total. The molecular formula is C39H32N2Pt. The number of hydrogen-bond donors (Lipinski definition) is 0. The molecule has 0 amide bonds. The Morgan fingerprint density at radius 1 is 0.500 bits per heavy atom. The number of rotatable bonds is 6. The van der Waals surface area contributed by atoms with Crippen molar-refractivity contribution >= 4 is 0 Å². The fourth-order valence-electron chi connectivity index (χ4n) is 5.23. The number of nitrogens with zero attached hydrogens (tertiary/aromatic N) is 2. The summed E-state index contributed by atoms with van der Waals surface area (Å²) in [7, 11) is 0. The molecule has 0 radical (unpaired) electrons. The summed E-state index contributed by atoms with van der Waals surface area (Å²) in [4.78, 5) is 10.4. The monoisotopic (exact) mass is 723 g/mol. The van der Waals surface area contributed by atoms with Gasteiger partial charge >= 0.3 is 21.1 Å². The van der Waals surface area contributed by atoms with Crippen molar-refractivity contribution in [2.24, 2.45) is 0 Å². The molecule has 208 valence electrons. The van der Waals surface area contributed by atoms with E-state index in [0.717, 1.165) is 56.2 Å². The largest absolute Gasteiger partial charge is 2.00 e. The van der Waals surface area contributed by atoms with Gasteiger partial charge in [0.05, 0.1) is 0 Å². The minimum Gasteiger partial charge on any atom is -0.300 e. The van der Waals surface area contributed by atoms with Crippen molar-refractivity contribution < 1.29 is 21.1 Å². The summed E-state index contributed by atoms with van der Waals surface area (Å²) in [5.74, 6) is 0. The van der Waals surface area contributed by atoms with Gasteiger partial charge in [-0.2, -0.15) is 0 Å². The molecule has 0 bridgehead atoms. The van der Waals surface area contributed by atoms with Gasteiger partial charge in [-0.1, -0.05) is 83.9 Å². The van der Waals surface area contributed by atoms with Gasteiger partial charge in [0.2, 0.25) is 0 Å². The van der Waals surface area contributed by atoms with Gasteiger partial charge in [-0.05, 0) is 62.3 Å². The zero-order valence-corrected chi connectivity index (χ0v) is 26.5. The standard InChI is InChI=1S/C39H32N2.Pt/c1-27-21-35(33-19-11-17-31(25-33)29-13-7-5-8-14-29)40-37(23-27)39(3,4)38-24-28(2)22-36(41-38)34-20-12-18-32(26-34)30-15-9-6-10-16-30;/h5-18,21-26H,1-4H3;/q-2;+2. The molecule has 0 unspecified atom stereocenters. The Kier molecular flexibility index (Phi) is 8.66. The first-order valence-corrected chi connectivity index (χ1v) is 14.0. The van der Waals surface area contributed by atoms with Gasteiger partial charge in [-0.3, -0.25) is 0 Å². The van der Waals surface area contributed by atoms with E-state index in [1.165, 1.54) is 11.1 Å². The Morgan fingerprint density at radius 3 is 1.31 bits per heavy atom. The van der Waals surface area contributed by atoms with Crippen LogP contribution < -0.4 is 0 Å². The molecule has 4 aromatic carbocycles. The van der Waals surface area contributed by atoms with E-state index < -0.39 is 5.41 Å². The maximum absolute atomic E-state index is 5.19. The maximum Gasteiger partial charge on any atom is 2.00 e. The Bertz CT molecular complexity index is 1690. The van der Waals surface area contributed by atoms with E-state index in [0.29, 0.717) is 0 Å². The Hall–Kier alpha value is -4.13. The van der Waals surface area contributed by atoms with Gasteiger partial charge in [0.15, 0.2) is 0 Å². The van der Waals surface area contributed by atoms with E-state index in [9.17, 15) is 0 Å². The molecule has 42 heavy (non-hydrogen) atoms. The zero-order valence-electron chi connectivity index (χ0n) is 24.3. The third kappa shape index (κ3) is 6.20. The second-order valence-corrected chi connectivity index (χ2v) is 11.2. The maximum atomic E-state index is 5.19. The molecule has 0 aliphatic carbocycles. The van der Waals surface area contributed by atoms with E-state index in [-0.39, 0.29) is 21.1 Å². The Balaban J connectivity index is 0.00000353. The van der Waals surface area contributed by atoms with Crippen LogP contribution in [0.5, 0.6) is 0 Å². The summed E-state index contributed by atoms with van der Waals surface area (Å²) in [5.41, 5.74) is 12.3. The van der Waals surface area contributed by atoms with Crippen molar-refractivity contribution in [3.8, 4) is 44.8 Å². The quantitative estimate of drug-likeness (QED) is 0.160. The molecule has 0 aliphatic heterocycles. The first-order chi connectivity index (χ1) is 19.9. The van der Waals surface area contributed by atoms with E-state index in [4.69, 9.17) is 9.97 Å². The van der Waals surface area contributed by atoms with Crippen LogP contribution in [0, 0.1) is 26.0 Å². The van der Waals surface area contributed by atoms with Crippen molar-refractivity contribution in [1.82, 2.24) is 9.97 Å². The SMILES string of the molecule is Cc1cc(-c2[c-]ccc(-c3ccccc3)c2)nc(C(C)(C)c2cc(C)cc(-c3[c-]ccc(-c4ccccc4)c3)n2)c1.[Pt+2]. The van der Waals surface area contributed by atoms with Crippen LogP contribution in [0.4, 0.5) is 0 Å². The molecule has 2 nitrogen and oxygen atoms in total. The molecule has 2 aromatic heterocycles. The molecule has 2 heterocycles. The van der Waals surface area contributed by atoms with Crippen LogP contribution >= 0.6 is 0 Å². The van der Waals surface area contributed by atoms with Crippen LogP contribution in [-0.4, -0.2) is 9.97 Å². The molecule has 0 aliphatic rings. The minimum absolute atomic E-state index is 0. The number of benzene rings is 4. The summed E-state index contributed by atoms with van der Waals surface area (Å²) in [6.45, 7) is 8.67. The van der Waals surface area contributed by atoms with Gasteiger partial charge in [0.25, 0.3) is 0 Å². The smallest absolute Gasteiger partial charge is 0.300 e. The first kappa shape index (κ1) is 29.4. The Morgan fingerprint density at radius 2 is 0.905 bits per heavy atom. The number of aryl methyl sites for hydroxylation is 2. The van der Waals surface area contributed by atoms with E-state index in [2.05, 4.69) is 137 Å². The van der Waals surface area contributed by atoms with Gasteiger partial charge in [-0.25, -0.2) is 0 Å². The van der Waals surface area contributed by atoms with E-state index in [1.807, 2.05) is 24.3 Å². The van der Waals surface area contributed by atoms with Gasteiger partial charge in [-0.15, -0.1) is 70.8 Å². The number of pyridine rings is 2. The summed E-state index contributed by atoms with van der Waals surface area (Å²) in [6.07, 6.45) is 0. The minimum atomic E-state index is -0.421. The normalized spacial score (nSPS) is 11.1. The van der Waals surface area contributed by atoms with Crippen molar-refractivity contribution in [1.29, 1.82) is 0 Å². The molecule has 6 aromatic rings. The second-order valence-electron chi connectivity index (χ2n) is 11.2. The molecule has 3 heteroatoms. The van der Waals surface area contributed by atoms with Crippen molar-refractivity contribution in [2.75, 3.05) is 0 Å². The fourth-order valence-corrected chi connectivity index (χ4v) is 5.23. The van der Waals surface area contributed by atoms with E-state index >= 15 is 0 Å². The second kappa shape index (κ2) is 12.4. The van der Waals surface area contributed by atoms with Gasteiger partial charge in [0.1, 0.15) is 0 Å². The topological polar surface area (TPSA) is 25.8 Å². The van der Waals surface area contributed by atoms with Crippen molar-refractivity contribution in [3.05, 3.63) is 156 Å². The zero-order chi connectivity index (χ0) is 28.4. The molecule has 0 saturated carbocycles. The van der Waals surface area contributed by atoms with E-state index in [1.54, 1.807) is 0 Å². The summed E-state index contributed by atoms with van der Waals surface area (Å²) < 4.78 is 0. The molecule has 0 atom stereocenters. The predicted octanol–water partition coefficient (Wildman–Crippen LogP) is 9.69. The summed E-state index contributed by atoms with van der Waals surface area (Å²) in [6, 6.07) is 48.8. The molecule has 0 spiro atoms. The Labute approximate surface area is 263 Å². The number of hydrogen-bond acceptors (Lipinski definition) is 2. The van der Waals surface area contributed by atoms with Crippen LogP contribution in [0.15, 0.2) is 121 Å². The fraction of sp³-hybridized carbons (Fsp3) is 0.128.